The summed E-state index contributed by atoms with van der Waals surface area (Å²) in [7, 11) is 0. The van der Waals surface area contributed by atoms with Gasteiger partial charge in [0.2, 0.25) is 5.91 Å². The van der Waals surface area contributed by atoms with Crippen molar-refractivity contribution in [3.63, 3.8) is 0 Å². The second kappa shape index (κ2) is 6.62. The van der Waals surface area contributed by atoms with Crippen molar-refractivity contribution in [3.05, 3.63) is 0 Å². The predicted octanol–water partition coefficient (Wildman–Crippen LogP) is 2.14. The van der Waals surface area contributed by atoms with E-state index < -0.39 is 11.9 Å². The highest BCUT2D eigenvalue weighted by Gasteiger charge is 2.39. The minimum Gasteiger partial charge on any atom is -0.481 e. The topological polar surface area (TPSA) is 57.6 Å². The first kappa shape index (κ1) is 14.0. The minimum absolute atomic E-state index is 0.0543. The van der Waals surface area contributed by atoms with Crippen LogP contribution in [0.15, 0.2) is 0 Å². The molecule has 1 aliphatic rings. The Hall–Kier alpha value is -1.06. The fraction of sp³-hybridized carbons (Fsp3) is 0.846. The fourth-order valence-corrected chi connectivity index (χ4v) is 2.66. The Bertz CT molecular complexity index is 272. The van der Waals surface area contributed by atoms with Gasteiger partial charge >= 0.3 is 5.97 Å². The molecule has 1 fully saturated rings. The summed E-state index contributed by atoms with van der Waals surface area (Å²) in [5.74, 6) is -1.50. The van der Waals surface area contributed by atoms with E-state index >= 15 is 0 Å². The monoisotopic (exact) mass is 241 g/mol. The molecule has 1 amide bonds. The third kappa shape index (κ3) is 3.45. The molecule has 0 heterocycles. The molecule has 0 bridgehead atoms. The standard InChI is InChI=1S/C13H23NO3/c1-3-8-14(9-4-2)12(15)10-6-5-7-11(10)13(16)17/h10-11H,3-9H2,1-2H3,(H,16,17). The van der Waals surface area contributed by atoms with Crippen molar-refractivity contribution in [2.24, 2.45) is 11.8 Å². The van der Waals surface area contributed by atoms with E-state index in [2.05, 4.69) is 0 Å². The summed E-state index contributed by atoms with van der Waals surface area (Å²) in [5, 5.41) is 9.10. The maximum absolute atomic E-state index is 12.3. The SMILES string of the molecule is CCCN(CCC)C(=O)C1CCCC1C(=O)O. The lowest BCUT2D eigenvalue weighted by atomic mass is 9.94. The van der Waals surface area contributed by atoms with Crippen LogP contribution in [0, 0.1) is 11.8 Å². The van der Waals surface area contributed by atoms with Gasteiger partial charge in [-0.1, -0.05) is 20.3 Å². The number of carbonyl (C=O) groups is 2. The molecule has 0 aromatic heterocycles. The van der Waals surface area contributed by atoms with Crippen LogP contribution in [0.25, 0.3) is 0 Å². The molecule has 2 atom stereocenters. The Morgan fingerprint density at radius 1 is 1.12 bits per heavy atom. The molecule has 98 valence electrons. The normalized spacial score (nSPS) is 23.6. The van der Waals surface area contributed by atoms with Crippen LogP contribution in [0.1, 0.15) is 46.0 Å². The van der Waals surface area contributed by atoms with Gasteiger partial charge < -0.3 is 10.0 Å². The van der Waals surface area contributed by atoms with Gasteiger partial charge in [-0.05, 0) is 25.7 Å². The molecule has 1 saturated carbocycles. The molecule has 1 rings (SSSR count). The molecule has 0 aliphatic heterocycles. The maximum Gasteiger partial charge on any atom is 0.307 e. The Labute approximate surface area is 103 Å². The number of carboxylic acids is 1. The van der Waals surface area contributed by atoms with E-state index in [4.69, 9.17) is 5.11 Å². The molecule has 2 unspecified atom stereocenters. The number of nitrogens with zero attached hydrogens (tertiary/aromatic N) is 1. The van der Waals surface area contributed by atoms with Crippen molar-refractivity contribution in [2.75, 3.05) is 13.1 Å². The van der Waals surface area contributed by atoms with Crippen LogP contribution in [0.2, 0.25) is 0 Å². The average molecular weight is 241 g/mol. The number of amides is 1. The second-order valence-corrected chi connectivity index (χ2v) is 4.81. The first-order chi connectivity index (χ1) is 8.11. The second-order valence-electron chi connectivity index (χ2n) is 4.81. The van der Waals surface area contributed by atoms with Gasteiger partial charge in [0.25, 0.3) is 0 Å². The summed E-state index contributed by atoms with van der Waals surface area (Å²) in [6.07, 6.45) is 4.10. The van der Waals surface area contributed by atoms with Gasteiger partial charge in [-0.2, -0.15) is 0 Å². The third-order valence-corrected chi connectivity index (χ3v) is 3.45. The fourth-order valence-electron chi connectivity index (χ4n) is 2.66. The highest BCUT2D eigenvalue weighted by molar-refractivity contribution is 5.85. The number of carbonyl (C=O) groups excluding carboxylic acids is 1. The van der Waals surface area contributed by atoms with Gasteiger partial charge in [0, 0.05) is 13.1 Å². The average Bonchev–Trinajstić information content (AvgIpc) is 2.76. The van der Waals surface area contributed by atoms with E-state index in [0.29, 0.717) is 6.42 Å². The molecule has 0 radical (unpaired) electrons. The first-order valence-corrected chi connectivity index (χ1v) is 6.63. The number of rotatable bonds is 6. The van der Waals surface area contributed by atoms with Gasteiger partial charge in [0.1, 0.15) is 0 Å². The summed E-state index contributed by atoms with van der Waals surface area (Å²) < 4.78 is 0. The Morgan fingerprint density at radius 2 is 1.65 bits per heavy atom. The lowest BCUT2D eigenvalue weighted by Crippen LogP contribution is -2.40. The predicted molar refractivity (Wildman–Crippen MR) is 65.6 cm³/mol. The summed E-state index contributed by atoms with van der Waals surface area (Å²) in [6.45, 7) is 5.57. The highest BCUT2D eigenvalue weighted by Crippen LogP contribution is 2.33. The van der Waals surface area contributed by atoms with E-state index in [1.54, 1.807) is 0 Å². The molecule has 4 heteroatoms. The molecule has 17 heavy (non-hydrogen) atoms. The van der Waals surface area contributed by atoms with E-state index in [1.807, 2.05) is 18.7 Å². The van der Waals surface area contributed by atoms with Crippen LogP contribution in [0.5, 0.6) is 0 Å². The number of carboxylic acid groups (broad SMARTS) is 1. The molecule has 0 aromatic carbocycles. The molecule has 0 aromatic rings. The summed E-state index contributed by atoms with van der Waals surface area (Å²) in [4.78, 5) is 25.2. The van der Waals surface area contributed by atoms with Crippen LogP contribution in [0.4, 0.5) is 0 Å². The van der Waals surface area contributed by atoms with Gasteiger partial charge in [0.15, 0.2) is 0 Å². The Kier molecular flexibility index (Phi) is 5.45. The quantitative estimate of drug-likeness (QED) is 0.775. The molecular weight excluding hydrogens is 218 g/mol. The van der Waals surface area contributed by atoms with Crippen molar-refractivity contribution in [2.45, 2.75) is 46.0 Å². The molecule has 4 nitrogen and oxygen atoms in total. The molecule has 1 aliphatic carbocycles. The van der Waals surface area contributed by atoms with Gasteiger partial charge in [-0.15, -0.1) is 0 Å². The Balaban J connectivity index is 2.68. The zero-order valence-electron chi connectivity index (χ0n) is 10.8. The van der Waals surface area contributed by atoms with Crippen LogP contribution in [0.3, 0.4) is 0 Å². The summed E-state index contributed by atoms with van der Waals surface area (Å²) >= 11 is 0. The number of hydrogen-bond acceptors (Lipinski definition) is 2. The zero-order valence-corrected chi connectivity index (χ0v) is 10.8. The van der Waals surface area contributed by atoms with Crippen LogP contribution < -0.4 is 0 Å². The molecule has 1 N–H and O–H groups in total. The lowest BCUT2D eigenvalue weighted by Gasteiger charge is -2.26. The molecular formula is C13H23NO3. The molecule has 0 spiro atoms. The van der Waals surface area contributed by atoms with Gasteiger partial charge in [0.05, 0.1) is 11.8 Å². The lowest BCUT2D eigenvalue weighted by molar-refractivity contribution is -0.149. The van der Waals surface area contributed by atoms with Crippen molar-refractivity contribution >= 4 is 11.9 Å². The van der Waals surface area contributed by atoms with Crippen LogP contribution >= 0.6 is 0 Å². The van der Waals surface area contributed by atoms with E-state index in [-0.39, 0.29) is 11.8 Å². The summed E-state index contributed by atoms with van der Waals surface area (Å²) in [6, 6.07) is 0. The number of hydrogen-bond donors (Lipinski definition) is 1. The Morgan fingerprint density at radius 3 is 2.12 bits per heavy atom. The van der Waals surface area contributed by atoms with E-state index in [0.717, 1.165) is 38.8 Å². The third-order valence-electron chi connectivity index (χ3n) is 3.45. The van der Waals surface area contributed by atoms with Crippen molar-refractivity contribution < 1.29 is 14.7 Å². The van der Waals surface area contributed by atoms with Gasteiger partial charge in [-0.25, -0.2) is 0 Å². The smallest absolute Gasteiger partial charge is 0.307 e. The first-order valence-electron chi connectivity index (χ1n) is 6.63. The molecule has 0 saturated heterocycles. The summed E-state index contributed by atoms with van der Waals surface area (Å²) in [5.41, 5.74) is 0. The minimum atomic E-state index is -0.811. The highest BCUT2D eigenvalue weighted by atomic mass is 16.4. The number of aliphatic carboxylic acids is 1. The van der Waals surface area contributed by atoms with Crippen molar-refractivity contribution in [3.8, 4) is 0 Å². The van der Waals surface area contributed by atoms with E-state index in [1.165, 1.54) is 0 Å². The van der Waals surface area contributed by atoms with Crippen LogP contribution in [-0.4, -0.2) is 35.0 Å². The van der Waals surface area contributed by atoms with Gasteiger partial charge in [-0.3, -0.25) is 9.59 Å². The van der Waals surface area contributed by atoms with Crippen molar-refractivity contribution in [1.82, 2.24) is 4.90 Å². The maximum atomic E-state index is 12.3. The largest absolute Gasteiger partial charge is 0.481 e. The zero-order chi connectivity index (χ0) is 12.8. The van der Waals surface area contributed by atoms with Crippen molar-refractivity contribution in [1.29, 1.82) is 0 Å². The van der Waals surface area contributed by atoms with Crippen LogP contribution in [-0.2, 0) is 9.59 Å². The van der Waals surface area contributed by atoms with E-state index in [9.17, 15) is 9.59 Å².